The molecule has 0 aromatic rings. The van der Waals surface area contributed by atoms with Gasteiger partial charge in [-0.25, -0.2) is 8.42 Å². The Morgan fingerprint density at radius 2 is 1.80 bits per heavy atom. The zero-order chi connectivity index (χ0) is 6.62. The van der Waals surface area contributed by atoms with Gasteiger partial charge in [-0.2, -0.15) is 0 Å². The third-order valence-corrected chi connectivity index (χ3v) is 1.39. The van der Waals surface area contributed by atoms with E-state index < -0.39 is 10.1 Å². The standard InChI is InChI=1S/C3H9NO3S.Na.H2O/c4-2-1-3-8(5,6)7;;/h1-4H2,(H,5,6,7);;1H2/q;+1;/p-1. The molecule has 0 atom stereocenters. The summed E-state index contributed by atoms with van der Waals surface area (Å²) >= 11 is 0. The van der Waals surface area contributed by atoms with Crippen LogP contribution in [0.25, 0.3) is 0 Å². The molecule has 10 heavy (non-hydrogen) atoms. The van der Waals surface area contributed by atoms with E-state index in [0.29, 0.717) is 0 Å². The number of rotatable bonds is 3. The van der Waals surface area contributed by atoms with Crippen molar-refractivity contribution in [1.29, 1.82) is 0 Å². The van der Waals surface area contributed by atoms with Crippen LogP contribution in [-0.2, 0) is 10.1 Å². The number of nitrogens with two attached hydrogens (primary N) is 1. The predicted molar refractivity (Wildman–Crippen MR) is 31.8 cm³/mol. The van der Waals surface area contributed by atoms with Crippen LogP contribution in [0.15, 0.2) is 0 Å². The maximum absolute atomic E-state index is 9.78. The van der Waals surface area contributed by atoms with Gasteiger partial charge in [0.05, 0.1) is 10.1 Å². The molecule has 0 saturated carbocycles. The Labute approximate surface area is 82.3 Å². The van der Waals surface area contributed by atoms with Gasteiger partial charge < -0.3 is 15.8 Å². The molecule has 0 radical (unpaired) electrons. The van der Waals surface area contributed by atoms with Crippen LogP contribution in [-0.4, -0.2) is 30.7 Å². The molecule has 0 amide bonds. The molecule has 7 heteroatoms. The molecular formula is C3H10NNaO4S. The molecule has 58 valence electrons. The van der Waals surface area contributed by atoms with Crippen LogP contribution in [0, 0.1) is 0 Å². The fourth-order valence-electron chi connectivity index (χ4n) is 0.260. The van der Waals surface area contributed by atoms with Crippen molar-refractivity contribution in [3.8, 4) is 0 Å². The molecule has 0 aliphatic heterocycles. The molecule has 0 unspecified atom stereocenters. The van der Waals surface area contributed by atoms with Crippen molar-refractivity contribution in [3.05, 3.63) is 0 Å². The van der Waals surface area contributed by atoms with Gasteiger partial charge in [-0.1, -0.05) is 0 Å². The fourth-order valence-corrected chi connectivity index (χ4v) is 0.780. The van der Waals surface area contributed by atoms with Crippen molar-refractivity contribution >= 4 is 10.1 Å². The average Bonchev–Trinajstić information content (AvgIpc) is 1.59. The van der Waals surface area contributed by atoms with Crippen LogP contribution < -0.4 is 35.3 Å². The summed E-state index contributed by atoms with van der Waals surface area (Å²) < 4.78 is 29.3. The zero-order valence-corrected chi connectivity index (χ0v) is 8.65. The molecule has 0 aromatic carbocycles. The third-order valence-electron chi connectivity index (χ3n) is 0.598. The van der Waals surface area contributed by atoms with Crippen molar-refractivity contribution in [1.82, 2.24) is 0 Å². The van der Waals surface area contributed by atoms with E-state index in [4.69, 9.17) is 5.73 Å². The Kier molecular flexibility index (Phi) is 13.5. The van der Waals surface area contributed by atoms with Gasteiger partial charge in [0.1, 0.15) is 0 Å². The molecule has 5 nitrogen and oxygen atoms in total. The average molecular weight is 179 g/mol. The molecule has 0 saturated heterocycles. The normalized spacial score (nSPS) is 9.40. The van der Waals surface area contributed by atoms with Crippen LogP contribution in [0.3, 0.4) is 0 Å². The van der Waals surface area contributed by atoms with Crippen molar-refractivity contribution in [2.45, 2.75) is 6.42 Å². The van der Waals surface area contributed by atoms with E-state index in [1.54, 1.807) is 0 Å². The smallest absolute Gasteiger partial charge is 0.748 e. The number of hydrogen-bond donors (Lipinski definition) is 1. The molecule has 0 aliphatic carbocycles. The Morgan fingerprint density at radius 3 is 1.90 bits per heavy atom. The fraction of sp³-hybridized carbons (Fsp3) is 1.00. The Bertz CT molecular complexity index is 145. The van der Waals surface area contributed by atoms with Gasteiger partial charge in [0.25, 0.3) is 0 Å². The molecule has 0 bridgehead atoms. The van der Waals surface area contributed by atoms with E-state index in [-0.39, 0.29) is 53.8 Å². The quantitative estimate of drug-likeness (QED) is 0.345. The van der Waals surface area contributed by atoms with E-state index >= 15 is 0 Å². The van der Waals surface area contributed by atoms with Gasteiger partial charge in [-0.3, -0.25) is 0 Å². The van der Waals surface area contributed by atoms with Gasteiger partial charge in [0, 0.05) is 5.75 Å². The minimum Gasteiger partial charge on any atom is -0.748 e. The molecular weight excluding hydrogens is 169 g/mol. The summed E-state index contributed by atoms with van der Waals surface area (Å²) in [7, 11) is -4.02. The van der Waals surface area contributed by atoms with Crippen LogP contribution in [0.4, 0.5) is 0 Å². The maximum atomic E-state index is 9.78. The predicted octanol–water partition coefficient (Wildman–Crippen LogP) is -4.94. The van der Waals surface area contributed by atoms with Crippen molar-refractivity contribution in [2.75, 3.05) is 12.3 Å². The van der Waals surface area contributed by atoms with Crippen LogP contribution in [0.5, 0.6) is 0 Å². The zero-order valence-electron chi connectivity index (χ0n) is 5.83. The van der Waals surface area contributed by atoms with E-state index in [0.717, 1.165) is 0 Å². The summed E-state index contributed by atoms with van der Waals surface area (Å²) in [6.07, 6.45) is 0.256. The van der Waals surface area contributed by atoms with Crippen molar-refractivity contribution < 1.29 is 48.0 Å². The Balaban J connectivity index is -0.000000245. The topological polar surface area (TPSA) is 115 Å². The van der Waals surface area contributed by atoms with Gasteiger partial charge in [0.15, 0.2) is 0 Å². The maximum Gasteiger partial charge on any atom is 1.00 e. The summed E-state index contributed by atoms with van der Waals surface area (Å²) in [4.78, 5) is 0. The summed E-state index contributed by atoms with van der Waals surface area (Å²) in [5, 5.41) is 0. The molecule has 0 rings (SSSR count). The summed E-state index contributed by atoms with van der Waals surface area (Å²) in [5.74, 6) is -0.344. The Morgan fingerprint density at radius 1 is 1.40 bits per heavy atom. The second kappa shape index (κ2) is 7.93. The van der Waals surface area contributed by atoms with Crippen LogP contribution >= 0.6 is 0 Å². The summed E-state index contributed by atoms with van der Waals surface area (Å²) in [5.41, 5.74) is 4.93. The molecule has 4 N–H and O–H groups in total. The van der Waals surface area contributed by atoms with Gasteiger partial charge in [-0.15, -0.1) is 0 Å². The number of hydrogen-bond acceptors (Lipinski definition) is 4. The first-order valence-electron chi connectivity index (χ1n) is 2.20. The SMILES string of the molecule is NCCCS(=O)(=O)[O-].O.[Na+]. The van der Waals surface area contributed by atoms with Crippen molar-refractivity contribution in [2.24, 2.45) is 5.73 Å². The van der Waals surface area contributed by atoms with Gasteiger partial charge in [-0.05, 0) is 13.0 Å². The second-order valence-corrected chi connectivity index (χ2v) is 2.93. The van der Waals surface area contributed by atoms with E-state index in [2.05, 4.69) is 0 Å². The minimum atomic E-state index is -4.02. The van der Waals surface area contributed by atoms with Gasteiger partial charge >= 0.3 is 29.6 Å². The molecule has 0 aliphatic rings. The first-order chi connectivity index (χ1) is 3.56. The minimum absolute atomic E-state index is 0. The molecule has 0 aromatic heterocycles. The second-order valence-electron chi connectivity index (χ2n) is 1.40. The third kappa shape index (κ3) is 15.9. The van der Waals surface area contributed by atoms with Crippen molar-refractivity contribution in [3.63, 3.8) is 0 Å². The molecule has 0 heterocycles. The van der Waals surface area contributed by atoms with E-state index in [9.17, 15) is 13.0 Å². The van der Waals surface area contributed by atoms with E-state index in [1.165, 1.54) is 0 Å². The molecule has 0 spiro atoms. The first kappa shape index (κ1) is 17.1. The monoisotopic (exact) mass is 179 g/mol. The first-order valence-corrected chi connectivity index (χ1v) is 3.77. The summed E-state index contributed by atoms with van der Waals surface area (Å²) in [6.45, 7) is 0.251. The Hall–Kier alpha value is 0.830. The summed E-state index contributed by atoms with van der Waals surface area (Å²) in [6, 6.07) is 0. The van der Waals surface area contributed by atoms with Crippen LogP contribution in [0.1, 0.15) is 6.42 Å². The van der Waals surface area contributed by atoms with E-state index in [1.807, 2.05) is 0 Å². The van der Waals surface area contributed by atoms with Gasteiger partial charge in [0.2, 0.25) is 0 Å². The van der Waals surface area contributed by atoms with Crippen LogP contribution in [0.2, 0.25) is 0 Å². The largest absolute Gasteiger partial charge is 1.00 e. The molecule has 0 fully saturated rings.